The Hall–Kier alpha value is -2.91. The first-order valence-electron chi connectivity index (χ1n) is 6.89. The molecule has 3 aromatic rings. The number of hydrogen-bond acceptors (Lipinski definition) is 6. The Morgan fingerprint density at radius 3 is 2.76 bits per heavy atom. The Kier molecular flexibility index (Phi) is 4.96. The smallest absolute Gasteiger partial charge is 0.305 e. The molecule has 9 nitrogen and oxygen atoms in total. The van der Waals surface area contributed by atoms with Gasteiger partial charge in [-0.15, -0.1) is 10.2 Å². The van der Waals surface area contributed by atoms with E-state index < -0.39 is 11.8 Å². The summed E-state index contributed by atoms with van der Waals surface area (Å²) in [6.07, 6.45) is 1.35. The zero-order chi connectivity index (χ0) is 17.8. The van der Waals surface area contributed by atoms with Crippen molar-refractivity contribution in [3.63, 3.8) is 0 Å². The van der Waals surface area contributed by atoms with Crippen LogP contribution in [-0.4, -0.2) is 32.0 Å². The fourth-order valence-corrected chi connectivity index (χ4v) is 2.24. The number of carbonyl (C=O) groups is 2. The van der Waals surface area contributed by atoms with E-state index in [0.29, 0.717) is 15.6 Å². The highest BCUT2D eigenvalue weighted by Crippen LogP contribution is 2.30. The lowest BCUT2D eigenvalue weighted by Gasteiger charge is -2.04. The van der Waals surface area contributed by atoms with E-state index in [1.807, 2.05) is 0 Å². The molecule has 0 bridgehead atoms. The Morgan fingerprint density at radius 2 is 2.00 bits per heavy atom. The van der Waals surface area contributed by atoms with E-state index in [9.17, 15) is 9.59 Å². The van der Waals surface area contributed by atoms with E-state index in [0.717, 1.165) is 4.80 Å². The van der Waals surface area contributed by atoms with Crippen LogP contribution in [-0.2, 0) is 11.3 Å². The summed E-state index contributed by atoms with van der Waals surface area (Å²) in [5.41, 5.74) is 4.91. The molecule has 0 aliphatic heterocycles. The van der Waals surface area contributed by atoms with Crippen LogP contribution in [0.2, 0.25) is 10.0 Å². The van der Waals surface area contributed by atoms with Gasteiger partial charge in [-0.3, -0.25) is 20.4 Å². The molecule has 0 atom stereocenters. The molecule has 0 spiro atoms. The van der Waals surface area contributed by atoms with Crippen molar-refractivity contribution < 1.29 is 14.0 Å². The topological polar surface area (TPSA) is 115 Å². The molecule has 128 valence electrons. The molecule has 0 saturated carbocycles. The Labute approximate surface area is 150 Å². The number of carbonyl (C=O) groups excluding carboxylic acids is 2. The molecule has 3 rings (SSSR count). The van der Waals surface area contributed by atoms with Crippen molar-refractivity contribution in [2.45, 2.75) is 6.54 Å². The van der Waals surface area contributed by atoms with Crippen molar-refractivity contribution in [3.8, 4) is 11.4 Å². The summed E-state index contributed by atoms with van der Waals surface area (Å²) in [4.78, 5) is 24.5. The number of aromatic nitrogens is 4. The van der Waals surface area contributed by atoms with Crippen LogP contribution < -0.4 is 10.9 Å². The summed E-state index contributed by atoms with van der Waals surface area (Å²) in [7, 11) is 0. The molecule has 0 radical (unpaired) electrons. The van der Waals surface area contributed by atoms with Crippen LogP contribution in [0.5, 0.6) is 0 Å². The zero-order valence-corrected chi connectivity index (χ0v) is 14.0. The molecule has 0 saturated heterocycles. The minimum atomic E-state index is -0.587. The van der Waals surface area contributed by atoms with Gasteiger partial charge in [0.2, 0.25) is 5.82 Å². The van der Waals surface area contributed by atoms with Gasteiger partial charge in [-0.2, -0.15) is 4.80 Å². The molecular weight excluding hydrogens is 371 g/mol. The Morgan fingerprint density at radius 1 is 1.16 bits per heavy atom. The third-order valence-corrected chi connectivity index (χ3v) is 3.81. The number of nitrogens with one attached hydrogen (secondary N) is 2. The molecule has 2 aromatic heterocycles. The maximum Gasteiger partial charge on any atom is 0.305 e. The van der Waals surface area contributed by atoms with Crippen LogP contribution in [0.25, 0.3) is 11.4 Å². The number of amides is 2. The Bertz CT molecular complexity index is 909. The lowest BCUT2D eigenvalue weighted by Crippen LogP contribution is -2.43. The van der Waals surface area contributed by atoms with Gasteiger partial charge in [0.1, 0.15) is 6.54 Å². The maximum absolute atomic E-state index is 11.8. The van der Waals surface area contributed by atoms with Gasteiger partial charge in [-0.05, 0) is 29.5 Å². The third-order valence-electron chi connectivity index (χ3n) is 2.99. The van der Waals surface area contributed by atoms with E-state index in [1.54, 1.807) is 24.3 Å². The number of hydrazine groups is 1. The predicted octanol–water partition coefficient (Wildman–Crippen LogP) is 1.70. The van der Waals surface area contributed by atoms with Crippen LogP contribution in [0.3, 0.4) is 0 Å². The molecule has 2 amide bonds. The van der Waals surface area contributed by atoms with Crippen LogP contribution in [0.15, 0.2) is 41.0 Å². The number of nitrogens with zero attached hydrogens (tertiary/aromatic N) is 4. The first-order chi connectivity index (χ1) is 12.0. The lowest BCUT2D eigenvalue weighted by molar-refractivity contribution is -0.122. The molecule has 0 fully saturated rings. The molecule has 2 heterocycles. The molecule has 1 aromatic carbocycles. The molecule has 11 heteroatoms. The van der Waals surface area contributed by atoms with Crippen molar-refractivity contribution in [3.05, 3.63) is 52.4 Å². The van der Waals surface area contributed by atoms with Crippen LogP contribution in [0.4, 0.5) is 0 Å². The maximum atomic E-state index is 11.8. The third kappa shape index (κ3) is 3.95. The summed E-state index contributed by atoms with van der Waals surface area (Å²) in [6, 6.07) is 8.02. The fourth-order valence-electron chi connectivity index (χ4n) is 1.86. The van der Waals surface area contributed by atoms with Crippen molar-refractivity contribution in [2.24, 2.45) is 0 Å². The second-order valence-electron chi connectivity index (χ2n) is 4.72. The van der Waals surface area contributed by atoms with Gasteiger partial charge in [0.25, 0.3) is 5.91 Å². The number of rotatable bonds is 4. The average Bonchev–Trinajstić information content (AvgIpc) is 3.27. The number of furan rings is 1. The van der Waals surface area contributed by atoms with E-state index in [-0.39, 0.29) is 18.1 Å². The predicted molar refractivity (Wildman–Crippen MR) is 87.6 cm³/mol. The largest absolute Gasteiger partial charge is 0.459 e. The summed E-state index contributed by atoms with van der Waals surface area (Å²) < 4.78 is 4.89. The molecule has 0 aliphatic rings. The molecule has 0 unspecified atom stereocenters. The van der Waals surface area contributed by atoms with Gasteiger partial charge in [-0.25, -0.2) is 0 Å². The summed E-state index contributed by atoms with van der Waals surface area (Å²) >= 11 is 12.0. The van der Waals surface area contributed by atoms with E-state index in [2.05, 4.69) is 26.3 Å². The van der Waals surface area contributed by atoms with Gasteiger partial charge < -0.3 is 4.42 Å². The van der Waals surface area contributed by atoms with Gasteiger partial charge in [-0.1, -0.05) is 29.3 Å². The monoisotopic (exact) mass is 380 g/mol. The van der Waals surface area contributed by atoms with Gasteiger partial charge in [0.15, 0.2) is 5.76 Å². The second-order valence-corrected chi connectivity index (χ2v) is 5.51. The van der Waals surface area contributed by atoms with Gasteiger partial charge in [0.05, 0.1) is 16.3 Å². The number of tetrazole rings is 1. The number of benzene rings is 1. The van der Waals surface area contributed by atoms with Crippen molar-refractivity contribution in [1.29, 1.82) is 0 Å². The van der Waals surface area contributed by atoms with Crippen LogP contribution in [0, 0.1) is 0 Å². The van der Waals surface area contributed by atoms with E-state index in [4.69, 9.17) is 27.6 Å². The zero-order valence-electron chi connectivity index (χ0n) is 12.4. The lowest BCUT2D eigenvalue weighted by atomic mass is 10.2. The molecular formula is C14H10Cl2N6O3. The van der Waals surface area contributed by atoms with E-state index >= 15 is 0 Å². The highest BCUT2D eigenvalue weighted by Gasteiger charge is 2.14. The normalized spacial score (nSPS) is 10.5. The standard InChI is InChI=1S/C14H10Cl2N6O3/c15-9-4-1-3-8(12(9)16)13-18-21-22(20-13)7-11(23)17-19-14(24)10-5-2-6-25-10/h1-6H,7H2,(H,17,23)(H,19,24). The van der Waals surface area contributed by atoms with Gasteiger partial charge in [0, 0.05) is 5.56 Å². The number of halogens is 2. The number of hydrogen-bond donors (Lipinski definition) is 2. The molecule has 0 aliphatic carbocycles. The summed E-state index contributed by atoms with van der Waals surface area (Å²) in [5.74, 6) is -0.852. The molecule has 2 N–H and O–H groups in total. The second kappa shape index (κ2) is 7.32. The fraction of sp³-hybridized carbons (Fsp3) is 0.0714. The first kappa shape index (κ1) is 16.9. The first-order valence-corrected chi connectivity index (χ1v) is 7.65. The molecule has 25 heavy (non-hydrogen) atoms. The highest BCUT2D eigenvalue weighted by molar-refractivity contribution is 6.43. The van der Waals surface area contributed by atoms with Crippen molar-refractivity contribution in [2.75, 3.05) is 0 Å². The average molecular weight is 381 g/mol. The summed E-state index contributed by atoms with van der Waals surface area (Å²) in [6.45, 7) is -0.260. The van der Waals surface area contributed by atoms with E-state index in [1.165, 1.54) is 12.3 Å². The quantitative estimate of drug-likeness (QED) is 0.665. The Balaban J connectivity index is 1.60. The van der Waals surface area contributed by atoms with Crippen LogP contribution in [0.1, 0.15) is 10.6 Å². The SMILES string of the molecule is O=C(Cn1nnc(-c2cccc(Cl)c2Cl)n1)NNC(=O)c1ccco1. The summed E-state index contributed by atoms with van der Waals surface area (Å²) in [5, 5.41) is 12.3. The van der Waals surface area contributed by atoms with Crippen molar-refractivity contribution in [1.82, 2.24) is 31.1 Å². The highest BCUT2D eigenvalue weighted by atomic mass is 35.5. The van der Waals surface area contributed by atoms with Crippen molar-refractivity contribution >= 4 is 35.0 Å². The minimum absolute atomic E-state index is 0.0667. The minimum Gasteiger partial charge on any atom is -0.459 e. The van der Waals surface area contributed by atoms with Gasteiger partial charge >= 0.3 is 5.91 Å². The van der Waals surface area contributed by atoms with Crippen LogP contribution >= 0.6 is 23.2 Å².